The van der Waals surface area contributed by atoms with E-state index in [9.17, 15) is 4.39 Å². The van der Waals surface area contributed by atoms with Crippen molar-refractivity contribution in [3.8, 4) is 6.19 Å². The topological polar surface area (TPSA) is 48.2 Å². The lowest BCUT2D eigenvalue weighted by Gasteiger charge is -2.10. The van der Waals surface area contributed by atoms with Crippen molar-refractivity contribution in [3.05, 3.63) is 71.5 Å². The molecule has 0 radical (unpaired) electrons. The van der Waals surface area contributed by atoms with Crippen LogP contribution in [0.3, 0.4) is 0 Å². The number of halogens is 1. The van der Waals surface area contributed by atoms with Crippen LogP contribution < -0.4 is 5.32 Å². The summed E-state index contributed by atoms with van der Waals surface area (Å²) in [4.78, 5) is 4.50. The van der Waals surface area contributed by atoms with Crippen LogP contribution in [0.1, 0.15) is 24.0 Å². The molecule has 1 atom stereocenters. The predicted molar refractivity (Wildman–Crippen MR) is 86.0 cm³/mol. The van der Waals surface area contributed by atoms with Gasteiger partial charge in [0, 0.05) is 18.9 Å². The molecule has 0 heterocycles. The maximum Gasteiger partial charge on any atom is 0.182 e. The Balaban J connectivity index is 2.04. The first-order valence-electron chi connectivity index (χ1n) is 7.17. The lowest BCUT2D eigenvalue weighted by molar-refractivity contribution is 0.627. The molecule has 2 aromatic carbocycles. The van der Waals surface area contributed by atoms with Gasteiger partial charge in [0.1, 0.15) is 11.7 Å². The monoisotopic (exact) mass is 295 g/mol. The summed E-state index contributed by atoms with van der Waals surface area (Å²) in [6.45, 7) is 2.69. The lowest BCUT2D eigenvalue weighted by Crippen LogP contribution is -2.21. The average Bonchev–Trinajstić information content (AvgIpc) is 2.55. The molecule has 1 unspecified atom stereocenters. The first-order valence-corrected chi connectivity index (χ1v) is 7.17. The van der Waals surface area contributed by atoms with Crippen LogP contribution in [0.5, 0.6) is 0 Å². The standard InChI is InChI=1S/C18H18FN3/c1-14(16-5-3-2-4-6-16)12-21-18(22-13-20)11-15-7-9-17(19)10-8-15/h2-10,14H,11-12H2,1H3,(H,21,22). The highest BCUT2D eigenvalue weighted by Crippen LogP contribution is 2.14. The molecule has 4 heteroatoms. The van der Waals surface area contributed by atoms with Crippen molar-refractivity contribution in [1.82, 2.24) is 5.32 Å². The summed E-state index contributed by atoms with van der Waals surface area (Å²) in [6, 6.07) is 16.3. The van der Waals surface area contributed by atoms with Crippen molar-refractivity contribution >= 4 is 5.84 Å². The number of nitrogens with one attached hydrogen (secondary N) is 1. The minimum Gasteiger partial charge on any atom is -0.280 e. The summed E-state index contributed by atoms with van der Waals surface area (Å²) in [5, 5.41) is 11.5. The van der Waals surface area contributed by atoms with Crippen molar-refractivity contribution in [1.29, 1.82) is 5.26 Å². The second-order valence-corrected chi connectivity index (χ2v) is 5.14. The fraction of sp³-hybridized carbons (Fsp3) is 0.222. The Hall–Kier alpha value is -2.67. The third-order valence-electron chi connectivity index (χ3n) is 3.41. The number of nitriles is 1. The first-order chi connectivity index (χ1) is 10.7. The van der Waals surface area contributed by atoms with Gasteiger partial charge in [-0.1, -0.05) is 49.4 Å². The van der Waals surface area contributed by atoms with E-state index < -0.39 is 0 Å². The molecule has 1 N–H and O–H groups in total. The molecule has 2 rings (SSSR count). The van der Waals surface area contributed by atoms with Gasteiger partial charge >= 0.3 is 0 Å². The van der Waals surface area contributed by atoms with E-state index in [0.29, 0.717) is 18.8 Å². The highest BCUT2D eigenvalue weighted by atomic mass is 19.1. The van der Waals surface area contributed by atoms with Gasteiger partial charge in [-0.05, 0) is 23.3 Å². The zero-order chi connectivity index (χ0) is 15.8. The van der Waals surface area contributed by atoms with E-state index in [1.165, 1.54) is 17.7 Å². The van der Waals surface area contributed by atoms with Crippen LogP contribution in [0.25, 0.3) is 0 Å². The van der Waals surface area contributed by atoms with Crippen LogP contribution in [0.2, 0.25) is 0 Å². The second kappa shape index (κ2) is 7.94. The van der Waals surface area contributed by atoms with Gasteiger partial charge in [-0.2, -0.15) is 5.26 Å². The molecule has 2 aromatic rings. The molecule has 0 bridgehead atoms. The zero-order valence-corrected chi connectivity index (χ0v) is 12.5. The van der Waals surface area contributed by atoms with Crippen molar-refractivity contribution in [2.75, 3.05) is 6.54 Å². The van der Waals surface area contributed by atoms with Crippen molar-refractivity contribution in [3.63, 3.8) is 0 Å². The van der Waals surface area contributed by atoms with Crippen LogP contribution in [0.4, 0.5) is 4.39 Å². The highest BCUT2D eigenvalue weighted by molar-refractivity contribution is 5.85. The highest BCUT2D eigenvalue weighted by Gasteiger charge is 2.06. The normalized spacial score (nSPS) is 12.5. The Kier molecular flexibility index (Phi) is 5.67. The molecule has 0 fully saturated rings. The number of nitrogens with zero attached hydrogens (tertiary/aromatic N) is 2. The van der Waals surface area contributed by atoms with Crippen LogP contribution >= 0.6 is 0 Å². The minimum atomic E-state index is -0.270. The fourth-order valence-corrected chi connectivity index (χ4v) is 2.13. The molecule has 0 amide bonds. The average molecular weight is 295 g/mol. The van der Waals surface area contributed by atoms with Crippen LogP contribution in [0.15, 0.2) is 59.6 Å². The molecule has 3 nitrogen and oxygen atoms in total. The Labute approximate surface area is 130 Å². The fourth-order valence-electron chi connectivity index (χ4n) is 2.13. The molecule has 22 heavy (non-hydrogen) atoms. The van der Waals surface area contributed by atoms with E-state index in [4.69, 9.17) is 5.26 Å². The van der Waals surface area contributed by atoms with Gasteiger partial charge in [0.15, 0.2) is 6.19 Å². The van der Waals surface area contributed by atoms with Gasteiger partial charge in [-0.25, -0.2) is 4.39 Å². The molecule has 0 aliphatic rings. The van der Waals surface area contributed by atoms with Gasteiger partial charge < -0.3 is 0 Å². The Bertz CT molecular complexity index is 657. The van der Waals surface area contributed by atoms with Crippen LogP contribution in [0, 0.1) is 17.3 Å². The number of hydrogen-bond acceptors (Lipinski definition) is 2. The Morgan fingerprint density at radius 2 is 1.86 bits per heavy atom. The molecule has 0 aliphatic carbocycles. The van der Waals surface area contributed by atoms with Crippen molar-refractivity contribution < 1.29 is 4.39 Å². The van der Waals surface area contributed by atoms with E-state index in [1.54, 1.807) is 12.1 Å². The predicted octanol–water partition coefficient (Wildman–Crippen LogP) is 3.64. The zero-order valence-electron chi connectivity index (χ0n) is 12.5. The maximum atomic E-state index is 12.9. The molecule has 0 saturated heterocycles. The molecule has 112 valence electrons. The number of rotatable bonds is 5. The van der Waals surface area contributed by atoms with E-state index >= 15 is 0 Å². The van der Waals surface area contributed by atoms with Crippen molar-refractivity contribution in [2.45, 2.75) is 19.3 Å². The molecule has 0 spiro atoms. The summed E-state index contributed by atoms with van der Waals surface area (Å²) in [5.41, 5.74) is 2.12. The summed E-state index contributed by atoms with van der Waals surface area (Å²) in [5.74, 6) is 0.593. The van der Waals surface area contributed by atoms with Gasteiger partial charge in [0.2, 0.25) is 0 Å². The van der Waals surface area contributed by atoms with E-state index in [-0.39, 0.29) is 11.7 Å². The maximum absolute atomic E-state index is 12.9. The third-order valence-corrected chi connectivity index (χ3v) is 3.41. The van der Waals surface area contributed by atoms with E-state index in [0.717, 1.165) is 5.56 Å². The quantitative estimate of drug-likeness (QED) is 0.396. The molecule has 0 aliphatic heterocycles. The number of aliphatic imine (C=N–C) groups is 1. The Morgan fingerprint density at radius 3 is 2.50 bits per heavy atom. The third kappa shape index (κ3) is 4.71. The van der Waals surface area contributed by atoms with Gasteiger partial charge in [0.05, 0.1) is 0 Å². The summed E-state index contributed by atoms with van der Waals surface area (Å²) >= 11 is 0. The molecule has 0 aromatic heterocycles. The second-order valence-electron chi connectivity index (χ2n) is 5.14. The van der Waals surface area contributed by atoms with Gasteiger partial charge in [0.25, 0.3) is 0 Å². The largest absolute Gasteiger partial charge is 0.280 e. The molecular formula is C18H18FN3. The number of amidine groups is 1. The van der Waals surface area contributed by atoms with Crippen LogP contribution in [-0.2, 0) is 6.42 Å². The van der Waals surface area contributed by atoms with Gasteiger partial charge in [-0.15, -0.1) is 0 Å². The molecule has 0 saturated carbocycles. The first kappa shape index (κ1) is 15.7. The van der Waals surface area contributed by atoms with E-state index in [1.807, 2.05) is 24.4 Å². The number of benzene rings is 2. The van der Waals surface area contributed by atoms with Crippen molar-refractivity contribution in [2.24, 2.45) is 4.99 Å². The van der Waals surface area contributed by atoms with E-state index in [2.05, 4.69) is 29.4 Å². The smallest absolute Gasteiger partial charge is 0.182 e. The summed E-state index contributed by atoms with van der Waals surface area (Å²) in [6.07, 6.45) is 2.39. The lowest BCUT2D eigenvalue weighted by atomic mass is 10.0. The van der Waals surface area contributed by atoms with Gasteiger partial charge in [-0.3, -0.25) is 10.3 Å². The number of hydrogen-bond donors (Lipinski definition) is 1. The SMILES string of the molecule is CC(CN=C(Cc1ccc(F)cc1)NC#N)c1ccccc1. The summed E-state index contributed by atoms with van der Waals surface area (Å²) < 4.78 is 12.9. The minimum absolute atomic E-state index is 0.268. The van der Waals surface area contributed by atoms with Crippen LogP contribution in [-0.4, -0.2) is 12.4 Å². The molecular weight excluding hydrogens is 277 g/mol. The summed E-state index contributed by atoms with van der Waals surface area (Å²) in [7, 11) is 0. The Morgan fingerprint density at radius 1 is 1.18 bits per heavy atom.